The van der Waals surface area contributed by atoms with Gasteiger partial charge in [0.1, 0.15) is 11.6 Å². The first kappa shape index (κ1) is 14.7. The molecule has 0 spiro atoms. The Morgan fingerprint density at radius 3 is 2.46 bits per heavy atom. The van der Waals surface area contributed by atoms with E-state index in [9.17, 15) is 9.50 Å². The van der Waals surface area contributed by atoms with Gasteiger partial charge in [-0.25, -0.2) is 4.39 Å². The van der Waals surface area contributed by atoms with E-state index in [2.05, 4.69) is 18.2 Å². The Balaban J connectivity index is 1.97. The third-order valence-corrected chi connectivity index (χ3v) is 4.51. The first-order valence-corrected chi connectivity index (χ1v) is 8.08. The zero-order valence-corrected chi connectivity index (χ0v) is 13.2. The quantitative estimate of drug-likeness (QED) is 0.652. The topological polar surface area (TPSA) is 20.2 Å². The molecule has 2 heteroatoms. The molecule has 3 aromatic carbocycles. The van der Waals surface area contributed by atoms with E-state index in [1.165, 1.54) is 17.2 Å². The van der Waals surface area contributed by atoms with Crippen molar-refractivity contribution in [3.05, 3.63) is 100 Å². The summed E-state index contributed by atoms with van der Waals surface area (Å²) < 4.78 is 13.7. The molecule has 0 aromatic heterocycles. The Labute approximate surface area is 140 Å². The third kappa shape index (κ3) is 2.71. The number of hydrogen-bond acceptors (Lipinski definition) is 1. The van der Waals surface area contributed by atoms with E-state index in [4.69, 9.17) is 0 Å². The van der Waals surface area contributed by atoms with Gasteiger partial charge in [0.2, 0.25) is 0 Å². The van der Waals surface area contributed by atoms with Crippen molar-refractivity contribution in [2.45, 2.75) is 12.8 Å². The Hall–Kier alpha value is -2.87. The average Bonchev–Trinajstić information content (AvgIpc) is 2.73. The van der Waals surface area contributed by atoms with Crippen molar-refractivity contribution in [1.29, 1.82) is 0 Å². The highest BCUT2D eigenvalue weighted by atomic mass is 19.1. The van der Waals surface area contributed by atoms with E-state index in [1.54, 1.807) is 18.2 Å². The normalized spacial score (nSPS) is 14.8. The Bertz CT molecular complexity index is 940. The van der Waals surface area contributed by atoms with E-state index in [0.29, 0.717) is 0 Å². The van der Waals surface area contributed by atoms with Gasteiger partial charge in [-0.3, -0.25) is 0 Å². The summed E-state index contributed by atoms with van der Waals surface area (Å²) in [5.41, 5.74) is 6.52. The zero-order chi connectivity index (χ0) is 16.5. The SMILES string of the molecule is Oc1cccc(C=C2c3ccccc3CCc3cc(F)ccc32)c1. The zero-order valence-electron chi connectivity index (χ0n) is 13.2. The fourth-order valence-corrected chi connectivity index (χ4v) is 3.38. The summed E-state index contributed by atoms with van der Waals surface area (Å²) in [4.78, 5) is 0. The van der Waals surface area contributed by atoms with Crippen molar-refractivity contribution in [1.82, 2.24) is 0 Å². The van der Waals surface area contributed by atoms with Crippen molar-refractivity contribution in [3.8, 4) is 5.75 Å². The molecule has 0 heterocycles. The summed E-state index contributed by atoms with van der Waals surface area (Å²) in [5, 5.41) is 9.75. The summed E-state index contributed by atoms with van der Waals surface area (Å²) in [7, 11) is 0. The predicted molar refractivity (Wildman–Crippen MR) is 95.3 cm³/mol. The van der Waals surface area contributed by atoms with Gasteiger partial charge in [-0.1, -0.05) is 42.5 Å². The summed E-state index contributed by atoms with van der Waals surface area (Å²) >= 11 is 0. The summed E-state index contributed by atoms with van der Waals surface area (Å²) in [6.07, 6.45) is 3.78. The van der Waals surface area contributed by atoms with Gasteiger partial charge in [0.25, 0.3) is 0 Å². The maximum absolute atomic E-state index is 13.7. The predicted octanol–water partition coefficient (Wildman–Crippen LogP) is 5.22. The molecule has 0 saturated carbocycles. The van der Waals surface area contributed by atoms with Crippen molar-refractivity contribution in [3.63, 3.8) is 0 Å². The number of benzene rings is 3. The molecule has 0 radical (unpaired) electrons. The molecule has 0 saturated heterocycles. The van der Waals surface area contributed by atoms with E-state index in [1.807, 2.05) is 30.3 Å². The van der Waals surface area contributed by atoms with Crippen LogP contribution in [0, 0.1) is 5.82 Å². The number of hydrogen-bond donors (Lipinski definition) is 1. The van der Waals surface area contributed by atoms with E-state index in [0.717, 1.165) is 35.1 Å². The first-order chi connectivity index (χ1) is 11.7. The van der Waals surface area contributed by atoms with Gasteiger partial charge in [-0.15, -0.1) is 0 Å². The Morgan fingerprint density at radius 2 is 1.58 bits per heavy atom. The van der Waals surface area contributed by atoms with Gasteiger partial charge in [-0.05, 0) is 76.6 Å². The Kier molecular flexibility index (Phi) is 3.66. The highest BCUT2D eigenvalue weighted by Crippen LogP contribution is 2.35. The minimum absolute atomic E-state index is 0.198. The Morgan fingerprint density at radius 1 is 0.792 bits per heavy atom. The second kappa shape index (κ2) is 5.97. The molecule has 1 N–H and O–H groups in total. The van der Waals surface area contributed by atoms with Crippen molar-refractivity contribution in [2.75, 3.05) is 0 Å². The molecule has 0 aliphatic heterocycles. The summed E-state index contributed by atoms with van der Waals surface area (Å²) in [6.45, 7) is 0. The van der Waals surface area contributed by atoms with E-state index in [-0.39, 0.29) is 11.6 Å². The molecule has 24 heavy (non-hydrogen) atoms. The number of phenols is 1. The molecule has 1 aliphatic rings. The fourth-order valence-electron chi connectivity index (χ4n) is 3.38. The molecule has 0 unspecified atom stereocenters. The van der Waals surface area contributed by atoms with Crippen LogP contribution in [-0.4, -0.2) is 5.11 Å². The lowest BCUT2D eigenvalue weighted by molar-refractivity contribution is 0.475. The van der Waals surface area contributed by atoms with Crippen LogP contribution in [0.5, 0.6) is 5.75 Å². The molecule has 4 rings (SSSR count). The van der Waals surface area contributed by atoms with Crippen LogP contribution in [0.2, 0.25) is 0 Å². The monoisotopic (exact) mass is 316 g/mol. The average molecular weight is 316 g/mol. The largest absolute Gasteiger partial charge is 0.508 e. The molecule has 0 atom stereocenters. The highest BCUT2D eigenvalue weighted by molar-refractivity contribution is 5.94. The van der Waals surface area contributed by atoms with Crippen LogP contribution in [0.3, 0.4) is 0 Å². The lowest BCUT2D eigenvalue weighted by Crippen LogP contribution is -1.93. The molecular formula is C22H17FO. The first-order valence-electron chi connectivity index (χ1n) is 8.08. The van der Waals surface area contributed by atoms with Gasteiger partial charge < -0.3 is 5.11 Å². The van der Waals surface area contributed by atoms with Crippen molar-refractivity contribution < 1.29 is 9.50 Å². The van der Waals surface area contributed by atoms with Gasteiger partial charge >= 0.3 is 0 Å². The molecule has 1 nitrogen and oxygen atoms in total. The lowest BCUT2D eigenvalue weighted by atomic mass is 9.92. The second-order valence-electron chi connectivity index (χ2n) is 6.11. The third-order valence-electron chi connectivity index (χ3n) is 4.51. The van der Waals surface area contributed by atoms with Crippen molar-refractivity contribution >= 4 is 11.6 Å². The van der Waals surface area contributed by atoms with Crippen LogP contribution < -0.4 is 0 Å². The maximum Gasteiger partial charge on any atom is 0.123 e. The van der Waals surface area contributed by atoms with E-state index < -0.39 is 0 Å². The lowest BCUT2D eigenvalue weighted by Gasteiger charge is -2.12. The van der Waals surface area contributed by atoms with E-state index >= 15 is 0 Å². The van der Waals surface area contributed by atoms with Crippen molar-refractivity contribution in [2.24, 2.45) is 0 Å². The number of aryl methyl sites for hydroxylation is 2. The molecule has 0 bridgehead atoms. The van der Waals surface area contributed by atoms with Crippen LogP contribution in [0.25, 0.3) is 11.6 Å². The minimum atomic E-state index is -0.198. The molecule has 1 aliphatic carbocycles. The smallest absolute Gasteiger partial charge is 0.123 e. The van der Waals surface area contributed by atoms with Crippen LogP contribution in [-0.2, 0) is 12.8 Å². The van der Waals surface area contributed by atoms with Crippen LogP contribution in [0.15, 0.2) is 66.7 Å². The van der Waals surface area contributed by atoms with Gasteiger partial charge in [0.05, 0.1) is 0 Å². The van der Waals surface area contributed by atoms with Gasteiger partial charge in [0.15, 0.2) is 0 Å². The summed E-state index contributed by atoms with van der Waals surface area (Å²) in [6, 6.07) is 20.5. The highest BCUT2D eigenvalue weighted by Gasteiger charge is 2.18. The van der Waals surface area contributed by atoms with Crippen LogP contribution >= 0.6 is 0 Å². The number of rotatable bonds is 1. The maximum atomic E-state index is 13.7. The fraction of sp³-hybridized carbons (Fsp3) is 0.0909. The number of aromatic hydroxyl groups is 1. The van der Waals surface area contributed by atoms with Crippen LogP contribution in [0.4, 0.5) is 4.39 Å². The molecular weight excluding hydrogens is 299 g/mol. The molecule has 0 fully saturated rings. The summed E-state index contributed by atoms with van der Waals surface area (Å²) in [5.74, 6) is 0.0435. The molecule has 118 valence electrons. The number of phenolic OH excluding ortho intramolecular Hbond substituents is 1. The minimum Gasteiger partial charge on any atom is -0.508 e. The second-order valence-corrected chi connectivity index (χ2v) is 6.11. The molecule has 3 aromatic rings. The number of fused-ring (bicyclic) bond motifs is 2. The van der Waals surface area contributed by atoms with Gasteiger partial charge in [0, 0.05) is 0 Å². The molecule has 0 amide bonds. The standard InChI is InChI=1S/C22H17FO/c23-18-10-11-21-17(14-18)9-8-16-5-1-2-7-20(16)22(21)13-15-4-3-6-19(24)12-15/h1-7,10-14,24H,8-9H2. The van der Waals surface area contributed by atoms with Gasteiger partial charge in [-0.2, -0.15) is 0 Å². The van der Waals surface area contributed by atoms with Crippen LogP contribution in [0.1, 0.15) is 27.8 Å². The number of halogens is 1.